The van der Waals surface area contributed by atoms with Crippen molar-refractivity contribution in [2.45, 2.75) is 24.8 Å². The van der Waals surface area contributed by atoms with Crippen LogP contribution in [0, 0.1) is 0 Å². The molecule has 1 fully saturated rings. The highest BCUT2D eigenvalue weighted by Crippen LogP contribution is 2.24. The lowest BCUT2D eigenvalue weighted by Gasteiger charge is -2.10. The van der Waals surface area contributed by atoms with Crippen molar-refractivity contribution in [2.24, 2.45) is 0 Å². The fraction of sp³-hybridized carbons (Fsp3) is 0.545. The first kappa shape index (κ1) is 12.8. The van der Waals surface area contributed by atoms with E-state index in [4.69, 9.17) is 0 Å². The van der Waals surface area contributed by atoms with Crippen LogP contribution in [0.1, 0.15) is 12.1 Å². The molecule has 2 N–H and O–H groups in total. The average Bonchev–Trinajstić information content (AvgIpc) is 2.71. The van der Waals surface area contributed by atoms with Gasteiger partial charge in [0.25, 0.3) is 5.92 Å². The van der Waals surface area contributed by atoms with Crippen molar-refractivity contribution < 1.29 is 13.6 Å². The Hall–Kier alpha value is -1.63. The van der Waals surface area contributed by atoms with Gasteiger partial charge in [-0.2, -0.15) is 0 Å². The van der Waals surface area contributed by atoms with Crippen LogP contribution in [-0.4, -0.2) is 40.9 Å². The highest BCUT2D eigenvalue weighted by atomic mass is 19.3. The summed E-state index contributed by atoms with van der Waals surface area (Å²) < 4.78 is 25.8. The number of hydrogen-bond donors (Lipinski definition) is 2. The topological polar surface area (TPSA) is 66.9 Å². The van der Waals surface area contributed by atoms with Crippen molar-refractivity contribution in [1.82, 2.24) is 20.6 Å². The fourth-order valence-corrected chi connectivity index (χ4v) is 1.80. The third kappa shape index (κ3) is 3.43. The predicted molar refractivity (Wildman–Crippen MR) is 60.1 cm³/mol. The molecule has 98 valence electrons. The normalized spacial score (nSPS) is 21.8. The number of carbonyl (C=O) groups is 1. The van der Waals surface area contributed by atoms with Crippen LogP contribution in [0.15, 0.2) is 18.6 Å². The highest BCUT2D eigenvalue weighted by Gasteiger charge is 2.42. The van der Waals surface area contributed by atoms with Crippen molar-refractivity contribution in [3.8, 4) is 0 Å². The third-order valence-electron chi connectivity index (χ3n) is 2.72. The van der Waals surface area contributed by atoms with Crippen LogP contribution in [0.5, 0.6) is 0 Å². The maximum absolute atomic E-state index is 12.9. The fourth-order valence-electron chi connectivity index (χ4n) is 1.80. The van der Waals surface area contributed by atoms with E-state index >= 15 is 0 Å². The zero-order valence-electron chi connectivity index (χ0n) is 9.70. The minimum Gasteiger partial charge on any atom is -0.354 e. The van der Waals surface area contributed by atoms with E-state index in [0.29, 0.717) is 13.0 Å². The standard InChI is InChI=1S/C11H14F2N4O/c12-11(13)5-9(17-7-11)10(18)16-2-1-8-6-14-3-4-15-8/h3-4,6,9,17H,1-2,5,7H2,(H,16,18). The Morgan fingerprint density at radius 2 is 2.39 bits per heavy atom. The van der Waals surface area contributed by atoms with Gasteiger partial charge in [0.1, 0.15) is 0 Å². The molecule has 1 aliphatic heterocycles. The summed E-state index contributed by atoms with van der Waals surface area (Å²) in [5, 5.41) is 5.11. The molecule has 1 saturated heterocycles. The molecule has 0 saturated carbocycles. The molecule has 1 amide bonds. The predicted octanol–water partition coefficient (Wildman–Crippen LogP) is 0.132. The van der Waals surface area contributed by atoms with Gasteiger partial charge in [0, 0.05) is 38.0 Å². The molecule has 1 aromatic rings. The molecule has 0 radical (unpaired) electrons. The van der Waals surface area contributed by atoms with Crippen molar-refractivity contribution in [3.63, 3.8) is 0 Å². The lowest BCUT2D eigenvalue weighted by Crippen LogP contribution is -2.41. The largest absolute Gasteiger partial charge is 0.354 e. The summed E-state index contributed by atoms with van der Waals surface area (Å²) >= 11 is 0. The molecular weight excluding hydrogens is 242 g/mol. The van der Waals surface area contributed by atoms with E-state index in [-0.39, 0.29) is 0 Å². The summed E-state index contributed by atoms with van der Waals surface area (Å²) in [6, 6.07) is -0.804. The van der Waals surface area contributed by atoms with E-state index in [0.717, 1.165) is 5.69 Å². The summed E-state index contributed by atoms with van der Waals surface area (Å²) in [6.07, 6.45) is 4.82. The SMILES string of the molecule is O=C(NCCc1cnccn1)C1CC(F)(F)CN1. The number of nitrogens with one attached hydrogen (secondary N) is 2. The van der Waals surface area contributed by atoms with Crippen LogP contribution in [0.4, 0.5) is 8.78 Å². The molecule has 1 unspecified atom stereocenters. The molecule has 2 rings (SSSR count). The lowest BCUT2D eigenvalue weighted by molar-refractivity contribution is -0.123. The number of alkyl halides is 2. The van der Waals surface area contributed by atoms with Gasteiger partial charge in [0.15, 0.2) is 0 Å². The van der Waals surface area contributed by atoms with Crippen LogP contribution in [0.3, 0.4) is 0 Å². The average molecular weight is 256 g/mol. The molecule has 2 heterocycles. The first-order valence-corrected chi connectivity index (χ1v) is 5.71. The van der Waals surface area contributed by atoms with Gasteiger partial charge in [-0.15, -0.1) is 0 Å². The third-order valence-corrected chi connectivity index (χ3v) is 2.72. The van der Waals surface area contributed by atoms with Crippen LogP contribution in [0.25, 0.3) is 0 Å². The van der Waals surface area contributed by atoms with E-state index in [1.807, 2.05) is 0 Å². The second-order valence-electron chi connectivity index (χ2n) is 4.23. The molecule has 1 aromatic heterocycles. The number of rotatable bonds is 4. The summed E-state index contributed by atoms with van der Waals surface area (Å²) in [7, 11) is 0. The van der Waals surface area contributed by atoms with Gasteiger partial charge < -0.3 is 5.32 Å². The van der Waals surface area contributed by atoms with E-state index in [1.54, 1.807) is 18.6 Å². The van der Waals surface area contributed by atoms with Gasteiger partial charge in [-0.25, -0.2) is 8.78 Å². The highest BCUT2D eigenvalue weighted by molar-refractivity contribution is 5.82. The van der Waals surface area contributed by atoms with Crippen LogP contribution in [-0.2, 0) is 11.2 Å². The molecule has 0 spiro atoms. The Morgan fingerprint density at radius 1 is 1.56 bits per heavy atom. The molecule has 1 atom stereocenters. The van der Waals surface area contributed by atoms with Crippen LogP contribution >= 0.6 is 0 Å². The quantitative estimate of drug-likeness (QED) is 0.803. The smallest absolute Gasteiger partial charge is 0.262 e. The Labute approximate surface area is 103 Å². The number of halogens is 2. The Balaban J connectivity index is 1.73. The maximum Gasteiger partial charge on any atom is 0.262 e. The summed E-state index contributed by atoms with van der Waals surface area (Å²) in [5.74, 6) is -3.18. The monoisotopic (exact) mass is 256 g/mol. The Bertz CT molecular complexity index is 413. The van der Waals surface area contributed by atoms with Crippen molar-refractivity contribution in [2.75, 3.05) is 13.1 Å². The molecule has 0 aromatic carbocycles. The zero-order chi connectivity index (χ0) is 13.0. The maximum atomic E-state index is 12.9. The van der Waals surface area contributed by atoms with Gasteiger partial charge in [-0.05, 0) is 0 Å². The number of aromatic nitrogens is 2. The van der Waals surface area contributed by atoms with Gasteiger partial charge >= 0.3 is 0 Å². The molecule has 18 heavy (non-hydrogen) atoms. The summed E-state index contributed by atoms with van der Waals surface area (Å²) in [4.78, 5) is 19.5. The van der Waals surface area contributed by atoms with Gasteiger partial charge in [-0.3, -0.25) is 20.1 Å². The molecule has 7 heteroatoms. The molecule has 0 bridgehead atoms. The molecule has 5 nitrogen and oxygen atoms in total. The minimum atomic E-state index is -2.78. The van der Waals surface area contributed by atoms with Crippen LogP contribution < -0.4 is 10.6 Å². The molecule has 0 aliphatic carbocycles. The van der Waals surface area contributed by atoms with Gasteiger partial charge in [0.05, 0.1) is 18.3 Å². The Morgan fingerprint density at radius 3 is 3.00 bits per heavy atom. The summed E-state index contributed by atoms with van der Waals surface area (Å²) in [6.45, 7) is -0.0729. The first-order chi connectivity index (χ1) is 8.57. The number of carbonyl (C=O) groups excluding carboxylic acids is 1. The van der Waals surface area contributed by atoms with E-state index in [9.17, 15) is 13.6 Å². The molecule has 1 aliphatic rings. The summed E-state index contributed by atoms with van der Waals surface area (Å²) in [5.41, 5.74) is 0.752. The van der Waals surface area contributed by atoms with Gasteiger partial charge in [-0.1, -0.05) is 0 Å². The minimum absolute atomic E-state index is 0.362. The number of nitrogens with zero attached hydrogens (tertiary/aromatic N) is 2. The van der Waals surface area contributed by atoms with Crippen molar-refractivity contribution >= 4 is 5.91 Å². The first-order valence-electron chi connectivity index (χ1n) is 5.71. The van der Waals surface area contributed by atoms with E-state index in [2.05, 4.69) is 20.6 Å². The number of amides is 1. The Kier molecular flexibility index (Phi) is 3.81. The second-order valence-corrected chi connectivity index (χ2v) is 4.23. The van der Waals surface area contributed by atoms with E-state index in [1.165, 1.54) is 0 Å². The number of hydrogen-bond acceptors (Lipinski definition) is 4. The van der Waals surface area contributed by atoms with E-state index < -0.39 is 30.8 Å². The van der Waals surface area contributed by atoms with Crippen LogP contribution in [0.2, 0.25) is 0 Å². The van der Waals surface area contributed by atoms with Crippen molar-refractivity contribution in [1.29, 1.82) is 0 Å². The molecular formula is C11H14F2N4O. The van der Waals surface area contributed by atoms with Crippen molar-refractivity contribution in [3.05, 3.63) is 24.3 Å². The zero-order valence-corrected chi connectivity index (χ0v) is 9.70. The van der Waals surface area contributed by atoms with Gasteiger partial charge in [0.2, 0.25) is 5.91 Å². The lowest BCUT2D eigenvalue weighted by atomic mass is 10.2. The second kappa shape index (κ2) is 5.34.